The second-order valence-electron chi connectivity index (χ2n) is 8.34. The SMILES string of the molecule is Br.Clc1ccc(C2(c3csc(=NCc4ccccc4)n3Cc3ccccc3)CCC2)cc1Cl. The van der Waals surface area contributed by atoms with E-state index in [-0.39, 0.29) is 22.4 Å². The largest absolute Gasteiger partial charge is 0.316 e. The first-order valence-corrected chi connectivity index (χ1v) is 12.5. The van der Waals surface area contributed by atoms with Gasteiger partial charge in [-0.25, -0.2) is 0 Å². The minimum absolute atomic E-state index is 0. The van der Waals surface area contributed by atoms with Crippen molar-refractivity contribution in [1.82, 2.24) is 4.57 Å². The number of hydrogen-bond acceptors (Lipinski definition) is 2. The summed E-state index contributed by atoms with van der Waals surface area (Å²) in [7, 11) is 0. The van der Waals surface area contributed by atoms with Crippen LogP contribution in [0.3, 0.4) is 0 Å². The van der Waals surface area contributed by atoms with Gasteiger partial charge in [-0.05, 0) is 41.7 Å². The molecule has 33 heavy (non-hydrogen) atoms. The molecule has 0 radical (unpaired) electrons. The number of nitrogens with zero attached hydrogens (tertiary/aromatic N) is 2. The molecular formula is C27H25BrCl2N2S. The predicted octanol–water partition coefficient (Wildman–Crippen LogP) is 8.05. The molecule has 1 saturated carbocycles. The van der Waals surface area contributed by atoms with Crippen LogP contribution in [0.1, 0.15) is 41.6 Å². The summed E-state index contributed by atoms with van der Waals surface area (Å²) >= 11 is 14.4. The number of hydrogen-bond donors (Lipinski definition) is 0. The highest BCUT2D eigenvalue weighted by Gasteiger charge is 2.43. The molecule has 170 valence electrons. The Morgan fingerprint density at radius 2 is 1.52 bits per heavy atom. The third kappa shape index (κ3) is 5.00. The molecule has 2 nitrogen and oxygen atoms in total. The molecule has 0 aliphatic heterocycles. The highest BCUT2D eigenvalue weighted by atomic mass is 79.9. The second-order valence-corrected chi connectivity index (χ2v) is 9.99. The van der Waals surface area contributed by atoms with Gasteiger partial charge < -0.3 is 4.57 Å². The molecule has 0 amide bonds. The first kappa shape index (κ1) is 24.3. The fraction of sp³-hybridized carbons (Fsp3) is 0.222. The van der Waals surface area contributed by atoms with E-state index >= 15 is 0 Å². The maximum Gasteiger partial charge on any atom is 0.185 e. The molecule has 1 aromatic heterocycles. The Bertz CT molecular complexity index is 1280. The van der Waals surface area contributed by atoms with Gasteiger partial charge in [-0.2, -0.15) is 0 Å². The van der Waals surface area contributed by atoms with Gasteiger partial charge in [0.1, 0.15) is 0 Å². The van der Waals surface area contributed by atoms with Gasteiger partial charge in [0.15, 0.2) is 4.80 Å². The molecule has 4 aromatic rings. The molecule has 0 bridgehead atoms. The average molecular weight is 560 g/mol. The van der Waals surface area contributed by atoms with Gasteiger partial charge in [0.05, 0.1) is 23.1 Å². The van der Waals surface area contributed by atoms with E-state index in [4.69, 9.17) is 28.2 Å². The van der Waals surface area contributed by atoms with Crippen molar-refractivity contribution < 1.29 is 0 Å². The summed E-state index contributed by atoms with van der Waals surface area (Å²) in [5, 5.41) is 3.52. The molecule has 0 spiro atoms. The predicted molar refractivity (Wildman–Crippen MR) is 145 cm³/mol. The summed E-state index contributed by atoms with van der Waals surface area (Å²) < 4.78 is 2.41. The van der Waals surface area contributed by atoms with Gasteiger partial charge >= 0.3 is 0 Å². The lowest BCUT2D eigenvalue weighted by Gasteiger charge is -2.43. The Balaban J connectivity index is 0.00000259. The van der Waals surface area contributed by atoms with E-state index in [2.05, 4.69) is 70.6 Å². The van der Waals surface area contributed by atoms with Crippen molar-refractivity contribution in [3.63, 3.8) is 0 Å². The van der Waals surface area contributed by atoms with Crippen LogP contribution in [0, 0.1) is 0 Å². The molecule has 3 aromatic carbocycles. The molecule has 1 aliphatic rings. The quantitative estimate of drug-likeness (QED) is 0.227. The van der Waals surface area contributed by atoms with E-state index in [1.807, 2.05) is 18.2 Å². The zero-order valence-electron chi connectivity index (χ0n) is 18.1. The monoisotopic (exact) mass is 558 g/mol. The molecule has 1 fully saturated rings. The summed E-state index contributed by atoms with van der Waals surface area (Å²) in [4.78, 5) is 6.08. The van der Waals surface area contributed by atoms with Crippen LogP contribution in [0.5, 0.6) is 0 Å². The van der Waals surface area contributed by atoms with E-state index in [9.17, 15) is 0 Å². The summed E-state index contributed by atoms with van der Waals surface area (Å²) in [5.74, 6) is 0. The third-order valence-electron chi connectivity index (χ3n) is 6.39. The van der Waals surface area contributed by atoms with Crippen molar-refractivity contribution in [2.45, 2.75) is 37.8 Å². The minimum atomic E-state index is -0.0416. The molecule has 1 heterocycles. The van der Waals surface area contributed by atoms with Crippen molar-refractivity contribution in [1.29, 1.82) is 0 Å². The maximum atomic E-state index is 6.43. The van der Waals surface area contributed by atoms with E-state index < -0.39 is 0 Å². The summed E-state index contributed by atoms with van der Waals surface area (Å²) in [6.07, 6.45) is 3.42. The van der Waals surface area contributed by atoms with Crippen LogP contribution < -0.4 is 4.80 Å². The number of halogens is 3. The van der Waals surface area contributed by atoms with Crippen LogP contribution in [-0.4, -0.2) is 4.57 Å². The molecule has 1 aliphatic carbocycles. The first-order chi connectivity index (χ1) is 15.7. The topological polar surface area (TPSA) is 17.3 Å². The summed E-state index contributed by atoms with van der Waals surface area (Å²) in [5.41, 5.74) is 5.02. The zero-order chi connectivity index (χ0) is 22.0. The molecule has 0 unspecified atom stereocenters. The standard InChI is InChI=1S/C27H24Cl2N2S.BrH/c28-23-13-12-22(16-24(23)29)27(14-7-15-27)25-19-32-26(30-17-20-8-3-1-4-9-20)31(25)18-21-10-5-2-6-11-21;/h1-6,8-13,16,19H,7,14-15,17-18H2;1H. The van der Waals surface area contributed by atoms with E-state index in [1.165, 1.54) is 28.8 Å². The van der Waals surface area contributed by atoms with Crippen molar-refractivity contribution in [2.75, 3.05) is 0 Å². The Hall–Kier alpha value is -1.85. The van der Waals surface area contributed by atoms with Crippen molar-refractivity contribution >= 4 is 51.5 Å². The van der Waals surface area contributed by atoms with Crippen LogP contribution in [0.4, 0.5) is 0 Å². The Morgan fingerprint density at radius 1 is 0.848 bits per heavy atom. The lowest BCUT2D eigenvalue weighted by Crippen LogP contribution is -2.39. The van der Waals surface area contributed by atoms with E-state index in [0.29, 0.717) is 16.6 Å². The highest BCUT2D eigenvalue weighted by molar-refractivity contribution is 8.93. The number of thiazole rings is 1. The van der Waals surface area contributed by atoms with E-state index in [0.717, 1.165) is 24.2 Å². The molecule has 0 N–H and O–H groups in total. The van der Waals surface area contributed by atoms with Crippen molar-refractivity contribution in [2.24, 2.45) is 4.99 Å². The molecule has 0 atom stereocenters. The number of aromatic nitrogens is 1. The van der Waals surface area contributed by atoms with Gasteiger partial charge in [0, 0.05) is 16.5 Å². The van der Waals surface area contributed by atoms with Crippen LogP contribution in [0.25, 0.3) is 0 Å². The van der Waals surface area contributed by atoms with Gasteiger partial charge in [-0.1, -0.05) is 96.4 Å². The lowest BCUT2D eigenvalue weighted by atomic mass is 9.62. The average Bonchev–Trinajstić information content (AvgIpc) is 3.18. The van der Waals surface area contributed by atoms with Crippen LogP contribution in [-0.2, 0) is 18.5 Å². The maximum absolute atomic E-state index is 6.43. The van der Waals surface area contributed by atoms with E-state index in [1.54, 1.807) is 11.3 Å². The molecule has 6 heteroatoms. The molecular weight excluding hydrogens is 535 g/mol. The molecule has 5 rings (SSSR count). The van der Waals surface area contributed by atoms with Crippen molar-refractivity contribution in [3.8, 4) is 0 Å². The first-order valence-electron chi connectivity index (χ1n) is 10.9. The fourth-order valence-electron chi connectivity index (χ4n) is 4.51. The normalized spacial score (nSPS) is 15.0. The Labute approximate surface area is 219 Å². The van der Waals surface area contributed by atoms with Crippen LogP contribution in [0.2, 0.25) is 10.0 Å². The van der Waals surface area contributed by atoms with Crippen molar-refractivity contribution in [3.05, 3.63) is 121 Å². The number of benzene rings is 3. The van der Waals surface area contributed by atoms with Gasteiger partial charge in [0.25, 0.3) is 0 Å². The summed E-state index contributed by atoms with van der Waals surface area (Å²) in [6.45, 7) is 1.48. The van der Waals surface area contributed by atoms with Gasteiger partial charge in [-0.3, -0.25) is 4.99 Å². The molecule has 0 saturated heterocycles. The summed E-state index contributed by atoms with van der Waals surface area (Å²) in [6, 6.07) is 27.2. The third-order valence-corrected chi connectivity index (χ3v) is 8.03. The zero-order valence-corrected chi connectivity index (χ0v) is 22.1. The minimum Gasteiger partial charge on any atom is -0.316 e. The fourth-order valence-corrected chi connectivity index (χ4v) is 5.81. The lowest BCUT2D eigenvalue weighted by molar-refractivity contribution is 0.284. The van der Waals surface area contributed by atoms with Gasteiger partial charge in [0.2, 0.25) is 0 Å². The van der Waals surface area contributed by atoms with Gasteiger partial charge in [-0.15, -0.1) is 28.3 Å². The van der Waals surface area contributed by atoms with Crippen LogP contribution in [0.15, 0.2) is 89.2 Å². The Kier molecular flexibility index (Phi) is 7.80. The second kappa shape index (κ2) is 10.6. The smallest absolute Gasteiger partial charge is 0.185 e. The highest BCUT2D eigenvalue weighted by Crippen LogP contribution is 2.50. The van der Waals surface area contributed by atoms with Crippen LogP contribution >= 0.6 is 51.5 Å². The Morgan fingerprint density at radius 3 is 2.12 bits per heavy atom. The number of rotatable bonds is 6.